The number of non-ortho nitro benzene ring substituents is 2. The first-order valence-corrected chi connectivity index (χ1v) is 6.53. The van der Waals surface area contributed by atoms with E-state index in [0.29, 0.717) is 30.3 Å². The Labute approximate surface area is 140 Å². The molecule has 0 heterocycles. The van der Waals surface area contributed by atoms with Crippen molar-refractivity contribution in [2.75, 3.05) is 0 Å². The van der Waals surface area contributed by atoms with E-state index in [4.69, 9.17) is 0 Å². The first-order chi connectivity index (χ1) is 11.8. The molecule has 0 N–H and O–H groups in total. The molecule has 0 unspecified atom stereocenters. The van der Waals surface area contributed by atoms with Crippen molar-refractivity contribution in [3.8, 4) is 11.1 Å². The zero-order valence-corrected chi connectivity index (χ0v) is 12.3. The van der Waals surface area contributed by atoms with E-state index in [1.54, 1.807) is 0 Å². The normalized spacial score (nSPS) is 12.1. The second-order valence-corrected chi connectivity index (χ2v) is 5.01. The molecule has 0 aromatic heterocycles. The van der Waals surface area contributed by atoms with E-state index in [1.165, 1.54) is 0 Å². The van der Waals surface area contributed by atoms with Crippen molar-refractivity contribution in [3.05, 3.63) is 67.8 Å². The molecule has 2 rings (SSSR count). The van der Waals surface area contributed by atoms with Gasteiger partial charge in [-0.2, -0.15) is 26.3 Å². The maximum Gasteiger partial charge on any atom is 0.417 e. The quantitative estimate of drug-likeness (QED) is 0.416. The van der Waals surface area contributed by atoms with Gasteiger partial charge in [0.2, 0.25) is 0 Å². The summed E-state index contributed by atoms with van der Waals surface area (Å²) in [7, 11) is 0. The summed E-state index contributed by atoms with van der Waals surface area (Å²) in [6.07, 6.45) is -10.3. The van der Waals surface area contributed by atoms with E-state index in [-0.39, 0.29) is 6.07 Å². The van der Waals surface area contributed by atoms with Gasteiger partial charge < -0.3 is 0 Å². The summed E-state index contributed by atoms with van der Waals surface area (Å²) in [5, 5.41) is 21.7. The average Bonchev–Trinajstić information content (AvgIpc) is 2.52. The third-order valence-corrected chi connectivity index (χ3v) is 3.29. The fraction of sp³-hybridized carbons (Fsp3) is 0.143. The molecule has 0 aliphatic heterocycles. The molecule has 6 nitrogen and oxygen atoms in total. The van der Waals surface area contributed by atoms with Crippen LogP contribution in [0, 0.1) is 20.2 Å². The first kappa shape index (κ1) is 19.1. The molecule has 0 aliphatic carbocycles. The maximum atomic E-state index is 13.2. The second kappa shape index (κ2) is 6.28. The Morgan fingerprint density at radius 3 is 1.62 bits per heavy atom. The van der Waals surface area contributed by atoms with Crippen LogP contribution in [0.1, 0.15) is 11.1 Å². The zero-order valence-electron chi connectivity index (χ0n) is 12.3. The number of alkyl halides is 6. The minimum Gasteiger partial charge on any atom is -0.258 e. The van der Waals surface area contributed by atoms with Crippen LogP contribution < -0.4 is 0 Å². The Hall–Kier alpha value is -3.18. The van der Waals surface area contributed by atoms with E-state index in [9.17, 15) is 46.6 Å². The maximum absolute atomic E-state index is 13.2. The van der Waals surface area contributed by atoms with Crippen molar-refractivity contribution in [2.45, 2.75) is 12.4 Å². The van der Waals surface area contributed by atoms with Crippen LogP contribution in [0.2, 0.25) is 0 Å². The Bertz CT molecular complexity index is 860. The molecule has 0 bridgehead atoms. The molecule has 12 heteroatoms. The SMILES string of the molecule is O=[N+]([O-])c1cc(-c2ccc(C(F)(F)F)cc2C(F)(F)F)cc([N+](=O)[O-])c1. The van der Waals surface area contributed by atoms with E-state index in [2.05, 4.69) is 0 Å². The van der Waals surface area contributed by atoms with Gasteiger partial charge in [0.1, 0.15) is 0 Å². The number of hydrogen-bond donors (Lipinski definition) is 0. The Kier molecular flexibility index (Phi) is 4.62. The molecule has 0 saturated heterocycles. The Morgan fingerprint density at radius 2 is 1.23 bits per heavy atom. The predicted octanol–water partition coefficient (Wildman–Crippen LogP) is 5.21. The van der Waals surface area contributed by atoms with Gasteiger partial charge in [-0.05, 0) is 23.3 Å². The van der Waals surface area contributed by atoms with Gasteiger partial charge in [-0.15, -0.1) is 0 Å². The summed E-state index contributed by atoms with van der Waals surface area (Å²) in [6, 6.07) is 2.43. The number of nitrogens with zero attached hydrogens (tertiary/aromatic N) is 2. The highest BCUT2D eigenvalue weighted by atomic mass is 19.4. The van der Waals surface area contributed by atoms with Gasteiger partial charge in [0.15, 0.2) is 0 Å². The number of benzene rings is 2. The van der Waals surface area contributed by atoms with Crippen LogP contribution in [0.5, 0.6) is 0 Å². The van der Waals surface area contributed by atoms with Crippen molar-refractivity contribution >= 4 is 11.4 Å². The standard InChI is InChI=1S/C14H6F6N2O4/c15-13(16,17)8-1-2-11(12(5-8)14(18,19)20)7-3-9(21(23)24)6-10(4-7)22(25)26/h1-6H. The summed E-state index contributed by atoms with van der Waals surface area (Å²) >= 11 is 0. The van der Waals surface area contributed by atoms with Crippen LogP contribution in [-0.4, -0.2) is 9.85 Å². The molecule has 2 aromatic rings. The van der Waals surface area contributed by atoms with Crippen LogP contribution in [-0.2, 0) is 12.4 Å². The zero-order chi connectivity index (χ0) is 19.9. The molecule has 0 saturated carbocycles. The van der Waals surface area contributed by atoms with E-state index in [0.717, 1.165) is 0 Å². The molecule has 0 spiro atoms. The summed E-state index contributed by atoms with van der Waals surface area (Å²) in [5.41, 5.74) is -6.50. The largest absolute Gasteiger partial charge is 0.417 e. The lowest BCUT2D eigenvalue weighted by Gasteiger charge is -2.16. The lowest BCUT2D eigenvalue weighted by Crippen LogP contribution is -2.12. The van der Waals surface area contributed by atoms with Crippen molar-refractivity contribution in [1.29, 1.82) is 0 Å². The summed E-state index contributed by atoms with van der Waals surface area (Å²) < 4.78 is 77.6. The van der Waals surface area contributed by atoms with Gasteiger partial charge >= 0.3 is 12.4 Å². The molecular weight excluding hydrogens is 374 g/mol. The number of hydrogen-bond acceptors (Lipinski definition) is 4. The van der Waals surface area contributed by atoms with Crippen LogP contribution in [0.15, 0.2) is 36.4 Å². The van der Waals surface area contributed by atoms with Gasteiger partial charge in [-0.3, -0.25) is 20.2 Å². The fourth-order valence-electron chi connectivity index (χ4n) is 2.17. The Morgan fingerprint density at radius 1 is 0.731 bits per heavy atom. The van der Waals surface area contributed by atoms with Crippen LogP contribution >= 0.6 is 0 Å². The monoisotopic (exact) mass is 380 g/mol. The van der Waals surface area contributed by atoms with Gasteiger partial charge in [-0.25, -0.2) is 0 Å². The molecule has 26 heavy (non-hydrogen) atoms. The predicted molar refractivity (Wildman–Crippen MR) is 75.2 cm³/mol. The lowest BCUT2D eigenvalue weighted by atomic mass is 9.96. The molecule has 2 aromatic carbocycles. The third-order valence-electron chi connectivity index (χ3n) is 3.29. The minimum absolute atomic E-state index is 0.153. The van der Waals surface area contributed by atoms with Gasteiger partial charge in [-0.1, -0.05) is 6.07 Å². The molecule has 0 aliphatic rings. The number of nitro groups is 2. The molecule has 0 radical (unpaired) electrons. The lowest BCUT2D eigenvalue weighted by molar-refractivity contribution is -0.394. The van der Waals surface area contributed by atoms with Gasteiger partial charge in [0.25, 0.3) is 11.4 Å². The van der Waals surface area contributed by atoms with Gasteiger partial charge in [0, 0.05) is 12.1 Å². The fourth-order valence-corrected chi connectivity index (χ4v) is 2.17. The van der Waals surface area contributed by atoms with Crippen molar-refractivity contribution in [3.63, 3.8) is 0 Å². The highest BCUT2D eigenvalue weighted by molar-refractivity contribution is 5.73. The topological polar surface area (TPSA) is 86.3 Å². The van der Waals surface area contributed by atoms with Crippen molar-refractivity contribution < 1.29 is 36.2 Å². The number of halogens is 6. The van der Waals surface area contributed by atoms with E-state index >= 15 is 0 Å². The second-order valence-electron chi connectivity index (χ2n) is 5.01. The van der Waals surface area contributed by atoms with Crippen LogP contribution in [0.3, 0.4) is 0 Å². The molecule has 138 valence electrons. The summed E-state index contributed by atoms with van der Waals surface area (Å²) in [5.74, 6) is 0. The molecule has 0 amide bonds. The van der Waals surface area contributed by atoms with Crippen molar-refractivity contribution in [1.82, 2.24) is 0 Å². The van der Waals surface area contributed by atoms with E-state index in [1.807, 2.05) is 0 Å². The van der Waals surface area contributed by atoms with Crippen LogP contribution in [0.25, 0.3) is 11.1 Å². The van der Waals surface area contributed by atoms with Crippen molar-refractivity contribution in [2.24, 2.45) is 0 Å². The summed E-state index contributed by atoms with van der Waals surface area (Å²) in [6.45, 7) is 0. The minimum atomic E-state index is -5.23. The number of rotatable bonds is 3. The molecular formula is C14H6F6N2O4. The van der Waals surface area contributed by atoms with Gasteiger partial charge in [0.05, 0.1) is 27.0 Å². The molecule has 0 atom stereocenters. The highest BCUT2D eigenvalue weighted by Gasteiger charge is 2.38. The number of nitro benzene ring substituents is 2. The Balaban J connectivity index is 2.79. The summed E-state index contributed by atoms with van der Waals surface area (Å²) in [4.78, 5) is 19.6. The van der Waals surface area contributed by atoms with Crippen LogP contribution in [0.4, 0.5) is 37.7 Å². The molecule has 0 fully saturated rings. The third kappa shape index (κ3) is 3.90. The highest BCUT2D eigenvalue weighted by Crippen LogP contribution is 2.42. The smallest absolute Gasteiger partial charge is 0.258 e. The average molecular weight is 380 g/mol. The first-order valence-electron chi connectivity index (χ1n) is 6.53. The van der Waals surface area contributed by atoms with E-state index < -0.39 is 55.8 Å².